The van der Waals surface area contributed by atoms with Crippen molar-refractivity contribution >= 4 is 49.1 Å². The summed E-state index contributed by atoms with van der Waals surface area (Å²) in [6, 6.07) is 15.3. The minimum absolute atomic E-state index is 0.00711. The largest absolute Gasteiger partial charge is 0.467 e. The molecule has 1 amide bonds. The summed E-state index contributed by atoms with van der Waals surface area (Å²) in [6.45, 7) is 0.252. The monoisotopic (exact) mass is 499 g/mol. The molecule has 0 unspecified atom stereocenters. The zero-order valence-electron chi connectivity index (χ0n) is 17.6. The number of aromatic nitrogens is 2. The Hall–Kier alpha value is -2.69. The van der Waals surface area contributed by atoms with Gasteiger partial charge in [0, 0.05) is 16.3 Å². The van der Waals surface area contributed by atoms with E-state index in [4.69, 9.17) is 4.42 Å². The molecule has 1 saturated heterocycles. The zero-order chi connectivity index (χ0) is 22.8. The van der Waals surface area contributed by atoms with Gasteiger partial charge in [-0.1, -0.05) is 42.1 Å². The zero-order valence-corrected chi connectivity index (χ0v) is 20.0. The van der Waals surface area contributed by atoms with Crippen LogP contribution in [0.25, 0.3) is 20.7 Å². The number of sulfone groups is 1. The number of carbonyl (C=O) groups excluding carboxylic acids is 1. The highest BCUT2D eigenvalue weighted by Gasteiger charge is 2.35. The number of amides is 1. The van der Waals surface area contributed by atoms with Crippen LogP contribution >= 0.6 is 23.1 Å². The number of benzene rings is 1. The molecule has 0 N–H and O–H groups in total. The molecule has 4 heterocycles. The predicted octanol–water partition coefficient (Wildman–Crippen LogP) is 4.26. The first kappa shape index (κ1) is 22.1. The van der Waals surface area contributed by atoms with Gasteiger partial charge < -0.3 is 9.32 Å². The maximum atomic E-state index is 13.2. The number of thioether (sulfide) groups is 1. The van der Waals surface area contributed by atoms with Crippen molar-refractivity contribution in [3.8, 4) is 10.4 Å². The van der Waals surface area contributed by atoms with E-state index >= 15 is 0 Å². The van der Waals surface area contributed by atoms with Crippen LogP contribution in [0.15, 0.2) is 70.6 Å². The summed E-state index contributed by atoms with van der Waals surface area (Å²) in [5.41, 5.74) is 1.11. The molecule has 0 bridgehead atoms. The number of fused-ring (bicyclic) bond motifs is 1. The topological polar surface area (TPSA) is 93.4 Å². The minimum Gasteiger partial charge on any atom is -0.467 e. The third kappa shape index (κ3) is 4.97. The first-order valence-corrected chi connectivity index (χ1v) is 14.1. The number of hydrogen-bond donors (Lipinski definition) is 0. The third-order valence-corrected chi connectivity index (χ3v) is 9.39. The fourth-order valence-corrected chi connectivity index (χ4v) is 7.58. The Kier molecular flexibility index (Phi) is 6.22. The van der Waals surface area contributed by atoms with Gasteiger partial charge in [-0.05, 0) is 30.2 Å². The fraction of sp³-hybridized carbons (Fsp3) is 0.261. The number of hydrogen-bond acceptors (Lipinski definition) is 8. The molecule has 0 radical (unpaired) electrons. The third-order valence-electron chi connectivity index (χ3n) is 5.56. The van der Waals surface area contributed by atoms with Gasteiger partial charge in [-0.2, -0.15) is 0 Å². The molecule has 1 aliphatic heterocycles. The van der Waals surface area contributed by atoms with Gasteiger partial charge in [0.2, 0.25) is 5.91 Å². The van der Waals surface area contributed by atoms with Gasteiger partial charge in [-0.3, -0.25) is 4.79 Å². The minimum atomic E-state index is -3.12. The van der Waals surface area contributed by atoms with Crippen LogP contribution in [0.4, 0.5) is 0 Å². The Morgan fingerprint density at radius 3 is 2.76 bits per heavy atom. The molecule has 1 aliphatic rings. The summed E-state index contributed by atoms with van der Waals surface area (Å²) in [4.78, 5) is 25.6. The van der Waals surface area contributed by atoms with Gasteiger partial charge >= 0.3 is 0 Å². The lowest BCUT2D eigenvalue weighted by molar-refractivity contribution is -0.131. The maximum Gasteiger partial charge on any atom is 0.233 e. The van der Waals surface area contributed by atoms with Crippen molar-refractivity contribution in [3.63, 3.8) is 0 Å². The van der Waals surface area contributed by atoms with E-state index in [1.807, 2.05) is 18.2 Å². The Balaban J connectivity index is 1.35. The number of carbonyl (C=O) groups is 1. The summed E-state index contributed by atoms with van der Waals surface area (Å²) in [5, 5.41) is 1.66. The first-order chi connectivity index (χ1) is 16.0. The van der Waals surface area contributed by atoms with Gasteiger partial charge in [0.25, 0.3) is 0 Å². The smallest absolute Gasteiger partial charge is 0.233 e. The molecule has 3 aromatic heterocycles. The lowest BCUT2D eigenvalue weighted by Crippen LogP contribution is -2.41. The standard InChI is InChI=1S/C23H21N3O4S3/c27-21(26(12-18-7-4-9-30-18)17-8-10-33(28,29)14-17)13-31-22-19-11-20(16-5-2-1-3-6-16)32-23(19)25-15-24-22/h1-7,9,11,15,17H,8,10,12-14H2/t17-/m1/s1. The molecule has 0 spiro atoms. The summed E-state index contributed by atoms with van der Waals surface area (Å²) >= 11 is 2.94. The Morgan fingerprint density at radius 2 is 2.03 bits per heavy atom. The van der Waals surface area contributed by atoms with E-state index in [9.17, 15) is 13.2 Å². The average molecular weight is 500 g/mol. The number of thiophene rings is 1. The molecule has 33 heavy (non-hydrogen) atoms. The van der Waals surface area contributed by atoms with E-state index in [1.54, 1.807) is 34.6 Å². The maximum absolute atomic E-state index is 13.2. The fourth-order valence-electron chi connectivity index (χ4n) is 3.92. The Bertz CT molecular complexity index is 1370. The van der Waals surface area contributed by atoms with Crippen LogP contribution in [0, 0.1) is 0 Å². The van der Waals surface area contributed by atoms with Gasteiger partial charge in [-0.25, -0.2) is 18.4 Å². The number of rotatable bonds is 7. The molecule has 170 valence electrons. The summed E-state index contributed by atoms with van der Waals surface area (Å²) < 4.78 is 29.5. The highest BCUT2D eigenvalue weighted by Crippen LogP contribution is 2.36. The Labute approximate surface area is 199 Å². The van der Waals surface area contributed by atoms with Crippen LogP contribution in [0.3, 0.4) is 0 Å². The molecular weight excluding hydrogens is 478 g/mol. The van der Waals surface area contributed by atoms with Gasteiger partial charge in [0.05, 0.1) is 30.1 Å². The van der Waals surface area contributed by atoms with Crippen molar-refractivity contribution in [3.05, 3.63) is 66.9 Å². The van der Waals surface area contributed by atoms with Crippen LogP contribution in [-0.4, -0.2) is 52.5 Å². The first-order valence-electron chi connectivity index (χ1n) is 10.4. The molecule has 0 saturated carbocycles. The van der Waals surface area contributed by atoms with Crippen LogP contribution in [0.5, 0.6) is 0 Å². The summed E-state index contributed by atoms with van der Waals surface area (Å²) in [5.74, 6) is 0.750. The number of furan rings is 1. The second-order valence-corrected chi connectivity index (χ2v) is 12.0. The van der Waals surface area contributed by atoms with Gasteiger partial charge in [0.15, 0.2) is 9.84 Å². The molecule has 1 atom stereocenters. The van der Waals surface area contributed by atoms with Gasteiger partial charge in [0.1, 0.15) is 21.9 Å². The highest BCUT2D eigenvalue weighted by molar-refractivity contribution is 8.00. The second kappa shape index (κ2) is 9.28. The van der Waals surface area contributed by atoms with Crippen molar-refractivity contribution in [2.75, 3.05) is 17.3 Å². The van der Waals surface area contributed by atoms with Crippen LogP contribution < -0.4 is 0 Å². The van der Waals surface area contributed by atoms with E-state index in [0.29, 0.717) is 12.2 Å². The molecule has 5 rings (SSSR count). The molecule has 0 aliphatic carbocycles. The normalized spacial score (nSPS) is 17.4. The lowest BCUT2D eigenvalue weighted by Gasteiger charge is -2.27. The van der Waals surface area contributed by atoms with E-state index in [-0.39, 0.29) is 35.8 Å². The Morgan fingerprint density at radius 1 is 1.18 bits per heavy atom. The van der Waals surface area contributed by atoms with Crippen molar-refractivity contribution in [2.45, 2.75) is 24.0 Å². The van der Waals surface area contributed by atoms with Crippen molar-refractivity contribution in [1.82, 2.24) is 14.9 Å². The van der Waals surface area contributed by atoms with Crippen molar-refractivity contribution < 1.29 is 17.6 Å². The van der Waals surface area contributed by atoms with E-state index < -0.39 is 9.84 Å². The van der Waals surface area contributed by atoms with Crippen LogP contribution in [-0.2, 0) is 21.2 Å². The molecular formula is C23H21N3O4S3. The molecule has 10 heteroatoms. The quantitative estimate of drug-likeness (QED) is 0.277. The van der Waals surface area contributed by atoms with Crippen LogP contribution in [0.2, 0.25) is 0 Å². The van der Waals surface area contributed by atoms with Crippen molar-refractivity contribution in [1.29, 1.82) is 0 Å². The molecule has 1 aromatic carbocycles. The van der Waals surface area contributed by atoms with Gasteiger partial charge in [-0.15, -0.1) is 11.3 Å². The van der Waals surface area contributed by atoms with E-state index in [2.05, 4.69) is 28.2 Å². The average Bonchev–Trinajstić information content (AvgIpc) is 3.56. The highest BCUT2D eigenvalue weighted by atomic mass is 32.2. The van der Waals surface area contributed by atoms with E-state index in [1.165, 1.54) is 18.1 Å². The molecule has 4 aromatic rings. The van der Waals surface area contributed by atoms with Crippen molar-refractivity contribution in [2.24, 2.45) is 0 Å². The summed E-state index contributed by atoms with van der Waals surface area (Å²) in [6.07, 6.45) is 3.52. The molecule has 1 fully saturated rings. The predicted molar refractivity (Wildman–Crippen MR) is 130 cm³/mol. The van der Waals surface area contributed by atoms with E-state index in [0.717, 1.165) is 25.7 Å². The second-order valence-electron chi connectivity index (χ2n) is 7.82. The number of nitrogens with zero attached hydrogens (tertiary/aromatic N) is 3. The SMILES string of the molecule is O=C(CSc1ncnc2sc(-c3ccccc3)cc12)N(Cc1ccco1)[C@@H]1CCS(=O)(=O)C1. The lowest BCUT2D eigenvalue weighted by atomic mass is 10.2. The summed E-state index contributed by atoms with van der Waals surface area (Å²) in [7, 11) is -3.12. The molecule has 7 nitrogen and oxygen atoms in total. The van der Waals surface area contributed by atoms with Crippen LogP contribution in [0.1, 0.15) is 12.2 Å².